The van der Waals surface area contributed by atoms with Crippen LogP contribution in [-0.2, 0) is 0 Å². The van der Waals surface area contributed by atoms with Gasteiger partial charge in [-0.15, -0.1) is 0 Å². The van der Waals surface area contributed by atoms with Crippen molar-refractivity contribution in [2.45, 2.75) is 13.8 Å². The molecule has 0 saturated carbocycles. The number of benzene rings is 3. The van der Waals surface area contributed by atoms with Crippen LogP contribution < -0.4 is 10.7 Å². The highest BCUT2D eigenvalue weighted by molar-refractivity contribution is 6.06. The summed E-state index contributed by atoms with van der Waals surface area (Å²) >= 11 is 0. The number of hydrazone groups is 1. The zero-order valence-corrected chi connectivity index (χ0v) is 17.0. The average Bonchev–Trinajstić information content (AvgIpc) is 2.77. The summed E-state index contributed by atoms with van der Waals surface area (Å²) in [7, 11) is 0. The molecule has 0 aliphatic rings. The molecule has 0 saturated heterocycles. The third kappa shape index (κ3) is 5.60. The number of rotatable bonds is 6. The van der Waals surface area contributed by atoms with Gasteiger partial charge in [-0.1, -0.05) is 35.9 Å². The number of carbonyl (C=O) groups excluding carboxylic acids is 2. The van der Waals surface area contributed by atoms with Crippen LogP contribution in [0.2, 0.25) is 0 Å². The van der Waals surface area contributed by atoms with Crippen LogP contribution in [-0.4, -0.2) is 22.4 Å². The number of nitro groups is 1. The lowest BCUT2D eigenvalue weighted by atomic mass is 10.1. The first-order chi connectivity index (χ1) is 14.8. The Kier molecular flexibility index (Phi) is 6.51. The summed E-state index contributed by atoms with van der Waals surface area (Å²) in [5, 5.41) is 17.8. The number of amides is 2. The minimum Gasteiger partial charge on any atom is -0.322 e. The van der Waals surface area contributed by atoms with E-state index in [0.29, 0.717) is 22.5 Å². The van der Waals surface area contributed by atoms with Crippen LogP contribution in [0, 0.1) is 17.0 Å². The number of carbonyl (C=O) groups is 2. The van der Waals surface area contributed by atoms with Crippen LogP contribution in [0.15, 0.2) is 77.9 Å². The molecule has 0 unspecified atom stereocenters. The molecule has 0 fully saturated rings. The lowest BCUT2D eigenvalue weighted by molar-refractivity contribution is -0.384. The van der Waals surface area contributed by atoms with E-state index in [2.05, 4.69) is 15.8 Å². The molecule has 0 atom stereocenters. The van der Waals surface area contributed by atoms with E-state index in [0.717, 1.165) is 5.56 Å². The van der Waals surface area contributed by atoms with Crippen LogP contribution >= 0.6 is 0 Å². The maximum Gasteiger partial charge on any atom is 0.271 e. The van der Waals surface area contributed by atoms with Crippen molar-refractivity contribution < 1.29 is 14.5 Å². The van der Waals surface area contributed by atoms with Crippen LogP contribution in [0.1, 0.15) is 38.8 Å². The monoisotopic (exact) mass is 416 g/mol. The molecular formula is C23H20N4O4. The standard InChI is InChI=1S/C23H20N4O4/c1-15-6-3-8-18(12-15)22(28)24-20-10-4-7-17(13-20)16(2)25-26-23(29)19-9-5-11-21(14-19)27(30)31/h3-14H,1-2H3,(H,24,28)(H,26,29)/b25-16-. The van der Waals surface area contributed by atoms with E-state index in [9.17, 15) is 19.7 Å². The highest BCUT2D eigenvalue weighted by Crippen LogP contribution is 2.15. The number of hydrogen-bond donors (Lipinski definition) is 2. The molecule has 0 aliphatic heterocycles. The normalized spacial score (nSPS) is 11.0. The highest BCUT2D eigenvalue weighted by Gasteiger charge is 2.11. The van der Waals surface area contributed by atoms with Gasteiger partial charge in [-0.2, -0.15) is 5.10 Å². The van der Waals surface area contributed by atoms with Gasteiger partial charge >= 0.3 is 0 Å². The van der Waals surface area contributed by atoms with Gasteiger partial charge in [0.05, 0.1) is 10.6 Å². The first-order valence-corrected chi connectivity index (χ1v) is 9.41. The summed E-state index contributed by atoms with van der Waals surface area (Å²) in [5.41, 5.74) is 5.68. The van der Waals surface area contributed by atoms with Crippen molar-refractivity contribution in [3.63, 3.8) is 0 Å². The minimum absolute atomic E-state index is 0.130. The summed E-state index contributed by atoms with van der Waals surface area (Å²) < 4.78 is 0. The van der Waals surface area contributed by atoms with E-state index in [1.807, 2.05) is 19.1 Å². The van der Waals surface area contributed by atoms with Gasteiger partial charge in [0.2, 0.25) is 0 Å². The molecule has 3 aromatic rings. The predicted octanol–water partition coefficient (Wildman–Crippen LogP) is 4.31. The summed E-state index contributed by atoms with van der Waals surface area (Å²) in [5.74, 6) is -0.790. The quantitative estimate of drug-likeness (QED) is 0.354. The molecule has 0 aliphatic carbocycles. The molecule has 31 heavy (non-hydrogen) atoms. The minimum atomic E-state index is -0.568. The molecule has 8 heteroatoms. The average molecular weight is 416 g/mol. The molecule has 0 bridgehead atoms. The Morgan fingerprint density at radius 2 is 1.52 bits per heavy atom. The van der Waals surface area contributed by atoms with E-state index in [-0.39, 0.29) is 17.2 Å². The maximum absolute atomic E-state index is 12.4. The molecular weight excluding hydrogens is 396 g/mol. The lowest BCUT2D eigenvalue weighted by Crippen LogP contribution is -2.19. The topological polar surface area (TPSA) is 114 Å². The molecule has 2 N–H and O–H groups in total. The maximum atomic E-state index is 12.4. The molecule has 8 nitrogen and oxygen atoms in total. The summed E-state index contributed by atoms with van der Waals surface area (Å²) in [6, 6.07) is 19.7. The number of nitrogens with one attached hydrogen (secondary N) is 2. The second kappa shape index (κ2) is 9.45. The number of aryl methyl sites for hydroxylation is 1. The van der Waals surface area contributed by atoms with E-state index in [1.54, 1.807) is 43.3 Å². The van der Waals surface area contributed by atoms with Crippen molar-refractivity contribution in [2.75, 3.05) is 5.32 Å². The van der Waals surface area contributed by atoms with E-state index in [4.69, 9.17) is 0 Å². The molecule has 3 aromatic carbocycles. The Morgan fingerprint density at radius 1 is 0.871 bits per heavy atom. The van der Waals surface area contributed by atoms with Gasteiger partial charge in [-0.3, -0.25) is 19.7 Å². The van der Waals surface area contributed by atoms with Crippen molar-refractivity contribution in [1.82, 2.24) is 5.43 Å². The molecule has 2 amide bonds. The zero-order chi connectivity index (χ0) is 22.4. The van der Waals surface area contributed by atoms with E-state index in [1.165, 1.54) is 24.3 Å². The first-order valence-electron chi connectivity index (χ1n) is 9.41. The smallest absolute Gasteiger partial charge is 0.271 e. The Bertz CT molecular complexity index is 1190. The van der Waals surface area contributed by atoms with Gasteiger partial charge in [0.1, 0.15) is 0 Å². The van der Waals surface area contributed by atoms with Gasteiger partial charge < -0.3 is 5.32 Å². The second-order valence-corrected chi connectivity index (χ2v) is 6.85. The summed E-state index contributed by atoms with van der Waals surface area (Å²) in [6.07, 6.45) is 0. The molecule has 3 rings (SSSR count). The Morgan fingerprint density at radius 3 is 2.23 bits per heavy atom. The van der Waals surface area contributed by atoms with Crippen LogP contribution in [0.4, 0.5) is 11.4 Å². The van der Waals surface area contributed by atoms with E-state index < -0.39 is 10.8 Å². The lowest BCUT2D eigenvalue weighted by Gasteiger charge is -2.08. The van der Waals surface area contributed by atoms with Gasteiger partial charge in [-0.05, 0) is 49.7 Å². The molecule has 0 aromatic heterocycles. The zero-order valence-electron chi connectivity index (χ0n) is 17.0. The Hall–Kier alpha value is -4.33. The molecule has 0 spiro atoms. The van der Waals surface area contributed by atoms with Crippen molar-refractivity contribution in [1.29, 1.82) is 0 Å². The SMILES string of the molecule is C/C(=N/NC(=O)c1cccc([N+](=O)[O-])c1)c1cccc(NC(=O)c2cccc(C)c2)c1. The fraction of sp³-hybridized carbons (Fsp3) is 0.0870. The summed E-state index contributed by atoms with van der Waals surface area (Å²) in [4.78, 5) is 35.0. The number of nitrogens with zero attached hydrogens (tertiary/aromatic N) is 2. The van der Waals surface area contributed by atoms with Crippen molar-refractivity contribution in [3.05, 3.63) is 105 Å². The number of nitro benzene ring substituents is 1. The molecule has 0 heterocycles. The largest absolute Gasteiger partial charge is 0.322 e. The molecule has 0 radical (unpaired) electrons. The third-order valence-electron chi connectivity index (χ3n) is 4.46. The molecule has 156 valence electrons. The number of hydrogen-bond acceptors (Lipinski definition) is 5. The third-order valence-corrected chi connectivity index (χ3v) is 4.46. The van der Waals surface area contributed by atoms with Gasteiger partial charge in [0.15, 0.2) is 0 Å². The fourth-order valence-corrected chi connectivity index (χ4v) is 2.84. The van der Waals surface area contributed by atoms with Crippen molar-refractivity contribution in [2.24, 2.45) is 5.10 Å². The van der Waals surface area contributed by atoms with Crippen molar-refractivity contribution in [3.8, 4) is 0 Å². The van der Waals surface area contributed by atoms with Crippen LogP contribution in [0.25, 0.3) is 0 Å². The first kappa shape index (κ1) is 21.4. The van der Waals surface area contributed by atoms with Crippen molar-refractivity contribution >= 4 is 28.9 Å². The van der Waals surface area contributed by atoms with Crippen LogP contribution in [0.3, 0.4) is 0 Å². The summed E-state index contributed by atoms with van der Waals surface area (Å²) in [6.45, 7) is 3.62. The van der Waals surface area contributed by atoms with Gasteiger partial charge in [-0.25, -0.2) is 5.43 Å². The van der Waals surface area contributed by atoms with Gasteiger partial charge in [0, 0.05) is 28.9 Å². The highest BCUT2D eigenvalue weighted by atomic mass is 16.6. The Balaban J connectivity index is 1.70. The fourth-order valence-electron chi connectivity index (χ4n) is 2.84. The predicted molar refractivity (Wildman–Crippen MR) is 118 cm³/mol. The number of non-ortho nitro benzene ring substituents is 1. The van der Waals surface area contributed by atoms with E-state index >= 15 is 0 Å². The Labute approximate surface area is 178 Å². The van der Waals surface area contributed by atoms with Crippen LogP contribution in [0.5, 0.6) is 0 Å². The van der Waals surface area contributed by atoms with Gasteiger partial charge in [0.25, 0.3) is 17.5 Å². The number of anilines is 1. The second-order valence-electron chi connectivity index (χ2n) is 6.85.